The summed E-state index contributed by atoms with van der Waals surface area (Å²) in [5.74, 6) is -1.26. The van der Waals surface area contributed by atoms with Gasteiger partial charge in [0.2, 0.25) is 0 Å². The van der Waals surface area contributed by atoms with Crippen LogP contribution in [0.5, 0.6) is 0 Å². The van der Waals surface area contributed by atoms with Gasteiger partial charge in [-0.2, -0.15) is 0 Å². The van der Waals surface area contributed by atoms with Gasteiger partial charge >= 0.3 is 5.91 Å². The third-order valence-electron chi connectivity index (χ3n) is 4.38. The van der Waals surface area contributed by atoms with Crippen molar-refractivity contribution in [2.75, 3.05) is 0 Å². The number of nitrogens with one attached hydrogen (secondary N) is 2. The highest BCUT2D eigenvalue weighted by Gasteiger charge is 2.37. The number of furan rings is 1. The molecular weight excluding hydrogens is 339 g/mol. The van der Waals surface area contributed by atoms with E-state index in [0.717, 1.165) is 12.1 Å². The van der Waals surface area contributed by atoms with Crippen LogP contribution in [0.2, 0.25) is 0 Å². The molecule has 0 saturated heterocycles. The zero-order valence-corrected chi connectivity index (χ0v) is 14.7. The van der Waals surface area contributed by atoms with Crippen LogP contribution >= 0.6 is 0 Å². The Balaban J connectivity index is 1.74. The number of carbonyl (C=O) groups is 3. The smallest absolute Gasteiger partial charge is 0.305 e. The Morgan fingerprint density at radius 3 is 2.35 bits per heavy atom. The van der Waals surface area contributed by atoms with Crippen molar-refractivity contribution in [3.8, 4) is 0 Å². The number of ketones is 1. The highest BCUT2D eigenvalue weighted by atomic mass is 19.1. The molecule has 2 amide bonds. The maximum absolute atomic E-state index is 12.9. The Labute approximate surface area is 149 Å². The Morgan fingerprint density at radius 2 is 1.69 bits per heavy atom. The van der Waals surface area contributed by atoms with Crippen molar-refractivity contribution in [3.63, 3.8) is 0 Å². The number of rotatable bonds is 2. The van der Waals surface area contributed by atoms with E-state index in [1.807, 2.05) is 13.8 Å². The maximum atomic E-state index is 12.9. The minimum absolute atomic E-state index is 0.000422. The molecule has 0 aliphatic heterocycles. The summed E-state index contributed by atoms with van der Waals surface area (Å²) < 4.78 is 18.5. The second-order valence-corrected chi connectivity index (χ2v) is 7.21. The van der Waals surface area contributed by atoms with Crippen LogP contribution < -0.4 is 10.9 Å². The number of hydrogen-bond donors (Lipinski definition) is 2. The molecule has 0 atom stereocenters. The molecule has 2 aromatic rings. The Morgan fingerprint density at radius 1 is 1.08 bits per heavy atom. The predicted molar refractivity (Wildman–Crippen MR) is 91.2 cm³/mol. The summed E-state index contributed by atoms with van der Waals surface area (Å²) in [5, 5.41) is 0. The third-order valence-corrected chi connectivity index (χ3v) is 4.38. The lowest BCUT2D eigenvalue weighted by atomic mass is 9.76. The van der Waals surface area contributed by atoms with Gasteiger partial charge in [-0.15, -0.1) is 0 Å². The van der Waals surface area contributed by atoms with Crippen molar-refractivity contribution in [2.24, 2.45) is 5.41 Å². The van der Waals surface area contributed by atoms with Crippen molar-refractivity contribution in [1.29, 1.82) is 0 Å². The van der Waals surface area contributed by atoms with Crippen LogP contribution in [0.1, 0.15) is 62.9 Å². The molecule has 0 saturated carbocycles. The summed E-state index contributed by atoms with van der Waals surface area (Å²) >= 11 is 0. The molecule has 1 aliphatic carbocycles. The number of Topliss-reactive ketones (excluding diaryl/α,β-unsaturated/α-hetero) is 1. The molecule has 1 aromatic carbocycles. The normalized spacial score (nSPS) is 15.3. The number of fused-ring (bicyclic) bond motifs is 1. The summed E-state index contributed by atoms with van der Waals surface area (Å²) in [6.07, 6.45) is 0.951. The second-order valence-electron chi connectivity index (χ2n) is 7.21. The van der Waals surface area contributed by atoms with Crippen molar-refractivity contribution in [3.05, 3.63) is 58.3 Å². The summed E-state index contributed by atoms with van der Waals surface area (Å²) in [6, 6.07) is 4.90. The van der Waals surface area contributed by atoms with Gasteiger partial charge in [0.05, 0.1) is 5.56 Å². The van der Waals surface area contributed by atoms with Gasteiger partial charge in [0.25, 0.3) is 5.91 Å². The minimum Gasteiger partial charge on any atom is -0.455 e. The number of hydrazine groups is 1. The lowest BCUT2D eigenvalue weighted by Crippen LogP contribution is -2.41. The molecule has 1 heterocycles. The highest BCUT2D eigenvalue weighted by Crippen LogP contribution is 2.38. The van der Waals surface area contributed by atoms with Crippen molar-refractivity contribution in [2.45, 2.75) is 33.6 Å². The fourth-order valence-corrected chi connectivity index (χ4v) is 3.14. The van der Waals surface area contributed by atoms with Crippen LogP contribution in [0.3, 0.4) is 0 Å². The molecule has 1 aromatic heterocycles. The fourth-order valence-electron chi connectivity index (χ4n) is 3.14. The fraction of sp³-hybridized carbons (Fsp3) is 0.316. The van der Waals surface area contributed by atoms with Gasteiger partial charge in [-0.05, 0) is 36.6 Å². The lowest BCUT2D eigenvalue weighted by Gasteiger charge is -2.27. The van der Waals surface area contributed by atoms with Crippen LogP contribution in [0.4, 0.5) is 4.39 Å². The van der Waals surface area contributed by atoms with Gasteiger partial charge in [0, 0.05) is 24.0 Å². The van der Waals surface area contributed by atoms with E-state index in [1.165, 1.54) is 12.1 Å². The van der Waals surface area contributed by atoms with Crippen molar-refractivity contribution in [1.82, 2.24) is 10.9 Å². The summed E-state index contributed by atoms with van der Waals surface area (Å²) in [6.45, 7) is 5.58. The summed E-state index contributed by atoms with van der Waals surface area (Å²) in [7, 11) is 0. The molecule has 0 bridgehead atoms. The van der Waals surface area contributed by atoms with Crippen molar-refractivity contribution >= 4 is 17.6 Å². The van der Waals surface area contributed by atoms with Gasteiger partial charge in [-0.1, -0.05) is 13.8 Å². The third kappa shape index (κ3) is 3.37. The molecule has 7 heteroatoms. The monoisotopic (exact) mass is 358 g/mol. The molecule has 26 heavy (non-hydrogen) atoms. The van der Waals surface area contributed by atoms with E-state index in [2.05, 4.69) is 10.9 Å². The van der Waals surface area contributed by atoms with E-state index in [9.17, 15) is 18.8 Å². The highest BCUT2D eigenvalue weighted by molar-refractivity contribution is 6.04. The molecule has 1 aliphatic rings. The Bertz CT molecular complexity index is 897. The number of halogens is 1. The second kappa shape index (κ2) is 6.40. The lowest BCUT2D eigenvalue weighted by molar-refractivity contribution is 0.0827. The first kappa shape index (κ1) is 17.8. The molecule has 3 rings (SSSR count). The zero-order chi connectivity index (χ0) is 19.1. The predicted octanol–water partition coefficient (Wildman–Crippen LogP) is 2.96. The van der Waals surface area contributed by atoms with Crippen LogP contribution in [0, 0.1) is 18.2 Å². The largest absolute Gasteiger partial charge is 0.455 e. The molecule has 0 spiro atoms. The Kier molecular flexibility index (Phi) is 4.39. The first-order chi connectivity index (χ1) is 12.2. The van der Waals surface area contributed by atoms with Gasteiger partial charge < -0.3 is 4.42 Å². The van der Waals surface area contributed by atoms with Crippen LogP contribution in [-0.2, 0) is 6.42 Å². The van der Waals surface area contributed by atoms with Crippen molar-refractivity contribution < 1.29 is 23.2 Å². The van der Waals surface area contributed by atoms with Crippen LogP contribution in [0.15, 0.2) is 28.7 Å². The SMILES string of the molecule is Cc1c(C(=O)NNC(=O)c2ccc(F)cc2)oc2c1C(=O)CC(C)(C)C2. The standard InChI is InChI=1S/C19H19FN2O4/c1-10-15-13(23)8-19(2,3)9-14(15)26-16(10)18(25)22-21-17(24)11-4-6-12(20)7-5-11/h4-7H,8-9H2,1-3H3,(H,21,24)(H,22,25). The summed E-state index contributed by atoms with van der Waals surface area (Å²) in [5.41, 5.74) is 5.40. The first-order valence-corrected chi connectivity index (χ1v) is 8.20. The van der Waals surface area contributed by atoms with Crippen LogP contribution in [-0.4, -0.2) is 17.6 Å². The maximum Gasteiger partial charge on any atom is 0.305 e. The van der Waals surface area contributed by atoms with E-state index in [0.29, 0.717) is 29.7 Å². The van der Waals surface area contributed by atoms with E-state index < -0.39 is 17.6 Å². The molecule has 2 N–H and O–H groups in total. The van der Waals surface area contributed by atoms with E-state index in [-0.39, 0.29) is 22.5 Å². The number of hydrogen-bond acceptors (Lipinski definition) is 4. The molecule has 136 valence electrons. The number of amides is 2. The number of benzene rings is 1. The van der Waals surface area contributed by atoms with Gasteiger partial charge in [0.1, 0.15) is 11.6 Å². The van der Waals surface area contributed by atoms with Gasteiger partial charge in [-0.25, -0.2) is 4.39 Å². The van der Waals surface area contributed by atoms with E-state index >= 15 is 0 Å². The van der Waals surface area contributed by atoms with Gasteiger partial charge in [0.15, 0.2) is 11.5 Å². The first-order valence-electron chi connectivity index (χ1n) is 8.20. The minimum atomic E-state index is -0.655. The average molecular weight is 358 g/mol. The summed E-state index contributed by atoms with van der Waals surface area (Å²) in [4.78, 5) is 36.7. The van der Waals surface area contributed by atoms with Crippen LogP contribution in [0.25, 0.3) is 0 Å². The van der Waals surface area contributed by atoms with E-state index in [4.69, 9.17) is 4.42 Å². The zero-order valence-electron chi connectivity index (χ0n) is 14.7. The number of carbonyl (C=O) groups excluding carboxylic acids is 3. The Hall–Kier alpha value is -2.96. The molecule has 0 radical (unpaired) electrons. The van der Waals surface area contributed by atoms with Gasteiger partial charge in [-0.3, -0.25) is 25.2 Å². The van der Waals surface area contributed by atoms with E-state index in [1.54, 1.807) is 6.92 Å². The topological polar surface area (TPSA) is 88.4 Å². The molecular formula is C19H19FN2O4. The average Bonchev–Trinajstić information content (AvgIpc) is 2.88. The quantitative estimate of drug-likeness (QED) is 0.808. The molecule has 0 unspecified atom stereocenters. The molecule has 0 fully saturated rings. The molecule has 6 nitrogen and oxygen atoms in total.